The molecule has 0 saturated carbocycles. The van der Waals surface area contributed by atoms with E-state index >= 15 is 0 Å². The number of halogens is 3. The summed E-state index contributed by atoms with van der Waals surface area (Å²) in [6.07, 6.45) is 2.40. The van der Waals surface area contributed by atoms with Crippen LogP contribution in [-0.4, -0.2) is 23.3 Å². The Labute approximate surface area is 115 Å². The third kappa shape index (κ3) is 3.43. The molecule has 0 amide bonds. The van der Waals surface area contributed by atoms with Gasteiger partial charge in [0, 0.05) is 29.0 Å². The smallest absolute Gasteiger partial charge is 0.129 e. The van der Waals surface area contributed by atoms with Crippen LogP contribution in [0.4, 0.5) is 4.39 Å². The minimum absolute atomic E-state index is 0.193. The Balaban J connectivity index is 1.98. The number of likely N-dealkylation sites (tertiary alicyclic amines) is 1. The van der Waals surface area contributed by atoms with Gasteiger partial charge >= 0.3 is 0 Å². The quantitative estimate of drug-likeness (QED) is 0.755. The number of hydrogen-bond donors (Lipinski definition) is 0. The van der Waals surface area contributed by atoms with Crippen LogP contribution in [0.3, 0.4) is 0 Å². The number of benzene rings is 1. The molecule has 0 radical (unpaired) electrons. The van der Waals surface area contributed by atoms with Crippen molar-refractivity contribution in [3.05, 3.63) is 34.6 Å². The highest BCUT2D eigenvalue weighted by molar-refractivity contribution is 9.09. The molecule has 0 aromatic heterocycles. The van der Waals surface area contributed by atoms with E-state index < -0.39 is 0 Å². The van der Waals surface area contributed by atoms with E-state index in [0.29, 0.717) is 17.1 Å². The van der Waals surface area contributed by atoms with Gasteiger partial charge in [0.05, 0.1) is 0 Å². The summed E-state index contributed by atoms with van der Waals surface area (Å²) in [4.78, 5) is 2.29. The molecular formula is C13H16BrClFN. The predicted octanol–water partition coefficient (Wildman–Crippen LogP) is 4.09. The van der Waals surface area contributed by atoms with Crippen molar-refractivity contribution >= 4 is 27.5 Å². The lowest BCUT2D eigenvalue weighted by Crippen LogP contribution is -2.21. The highest BCUT2D eigenvalue weighted by Gasteiger charge is 2.23. The minimum Gasteiger partial charge on any atom is -0.299 e. The van der Waals surface area contributed by atoms with Gasteiger partial charge in [0.2, 0.25) is 0 Å². The summed E-state index contributed by atoms with van der Waals surface area (Å²) in [5, 5.41) is 1.58. The molecule has 2 rings (SSSR count). The monoisotopic (exact) mass is 319 g/mol. The molecule has 0 bridgehead atoms. The van der Waals surface area contributed by atoms with Crippen molar-refractivity contribution in [2.45, 2.75) is 19.4 Å². The Morgan fingerprint density at radius 3 is 3.00 bits per heavy atom. The van der Waals surface area contributed by atoms with Crippen molar-refractivity contribution in [1.82, 2.24) is 4.90 Å². The van der Waals surface area contributed by atoms with E-state index in [1.54, 1.807) is 12.1 Å². The zero-order valence-corrected chi connectivity index (χ0v) is 12.0. The van der Waals surface area contributed by atoms with Gasteiger partial charge < -0.3 is 0 Å². The zero-order chi connectivity index (χ0) is 12.3. The van der Waals surface area contributed by atoms with Gasteiger partial charge in [-0.3, -0.25) is 4.90 Å². The third-order valence-corrected chi connectivity index (χ3v) is 4.14. The molecular weight excluding hydrogens is 305 g/mol. The summed E-state index contributed by atoms with van der Waals surface area (Å²) in [6, 6.07) is 4.89. The first-order valence-electron chi connectivity index (χ1n) is 5.92. The molecule has 0 N–H and O–H groups in total. The number of nitrogens with zero attached hydrogens (tertiary/aromatic N) is 1. The van der Waals surface area contributed by atoms with Crippen LogP contribution in [0.1, 0.15) is 18.4 Å². The van der Waals surface area contributed by atoms with Crippen LogP contribution in [0.25, 0.3) is 0 Å². The highest BCUT2D eigenvalue weighted by atomic mass is 79.9. The fourth-order valence-corrected chi connectivity index (χ4v) is 3.22. The maximum Gasteiger partial charge on any atom is 0.129 e. The van der Waals surface area contributed by atoms with Crippen molar-refractivity contribution in [3.63, 3.8) is 0 Å². The SMILES string of the molecule is Fc1cccc(Cl)c1CN1CCC(CCBr)C1. The van der Waals surface area contributed by atoms with Gasteiger partial charge in [-0.15, -0.1) is 0 Å². The summed E-state index contributed by atoms with van der Waals surface area (Å²) >= 11 is 9.50. The predicted molar refractivity (Wildman–Crippen MR) is 73.2 cm³/mol. The van der Waals surface area contributed by atoms with Crippen LogP contribution in [0.15, 0.2) is 18.2 Å². The van der Waals surface area contributed by atoms with Crippen LogP contribution in [0.5, 0.6) is 0 Å². The van der Waals surface area contributed by atoms with E-state index in [9.17, 15) is 4.39 Å². The molecule has 1 aliphatic rings. The molecule has 0 aliphatic carbocycles. The molecule has 1 fully saturated rings. The third-order valence-electron chi connectivity index (χ3n) is 3.33. The van der Waals surface area contributed by atoms with Gasteiger partial charge in [0.15, 0.2) is 0 Å². The molecule has 1 aromatic carbocycles. The van der Waals surface area contributed by atoms with E-state index in [4.69, 9.17) is 11.6 Å². The summed E-state index contributed by atoms with van der Waals surface area (Å²) < 4.78 is 13.6. The second kappa shape index (κ2) is 6.17. The fourth-order valence-electron chi connectivity index (χ4n) is 2.35. The van der Waals surface area contributed by atoms with E-state index in [1.165, 1.54) is 18.9 Å². The van der Waals surface area contributed by atoms with Gasteiger partial charge in [-0.25, -0.2) is 4.39 Å². The average Bonchev–Trinajstić information content (AvgIpc) is 2.72. The second-order valence-electron chi connectivity index (χ2n) is 4.57. The van der Waals surface area contributed by atoms with Gasteiger partial charge in [0.1, 0.15) is 5.82 Å². The summed E-state index contributed by atoms with van der Waals surface area (Å²) in [5.41, 5.74) is 0.633. The standard InChI is InChI=1S/C13H16BrClFN/c14-6-4-10-5-7-17(8-10)9-11-12(15)2-1-3-13(11)16/h1-3,10H,4-9H2. The molecule has 1 unspecified atom stereocenters. The fraction of sp³-hybridized carbons (Fsp3) is 0.538. The Morgan fingerprint density at radius 2 is 2.29 bits per heavy atom. The van der Waals surface area contributed by atoms with Crippen molar-refractivity contribution in [2.24, 2.45) is 5.92 Å². The number of hydrogen-bond acceptors (Lipinski definition) is 1. The van der Waals surface area contributed by atoms with Crippen LogP contribution in [0.2, 0.25) is 5.02 Å². The van der Waals surface area contributed by atoms with Crippen LogP contribution < -0.4 is 0 Å². The van der Waals surface area contributed by atoms with E-state index in [0.717, 1.165) is 24.3 Å². The number of rotatable bonds is 4. The Kier molecular flexibility index (Phi) is 4.83. The first kappa shape index (κ1) is 13.3. The van der Waals surface area contributed by atoms with Crippen LogP contribution in [0, 0.1) is 11.7 Å². The van der Waals surface area contributed by atoms with Gasteiger partial charge in [-0.05, 0) is 37.4 Å². The lowest BCUT2D eigenvalue weighted by molar-refractivity contribution is 0.310. The molecule has 1 saturated heterocycles. The molecule has 1 aliphatic heterocycles. The average molecular weight is 321 g/mol. The van der Waals surface area contributed by atoms with Gasteiger partial charge in [-0.1, -0.05) is 33.6 Å². The van der Waals surface area contributed by atoms with Crippen LogP contribution >= 0.6 is 27.5 Å². The van der Waals surface area contributed by atoms with E-state index in [2.05, 4.69) is 20.8 Å². The van der Waals surface area contributed by atoms with Crippen molar-refractivity contribution in [2.75, 3.05) is 18.4 Å². The highest BCUT2D eigenvalue weighted by Crippen LogP contribution is 2.26. The topological polar surface area (TPSA) is 3.24 Å². The lowest BCUT2D eigenvalue weighted by atomic mass is 10.1. The van der Waals surface area contributed by atoms with E-state index in [-0.39, 0.29) is 5.82 Å². The first-order valence-corrected chi connectivity index (χ1v) is 7.42. The van der Waals surface area contributed by atoms with Gasteiger partial charge in [0.25, 0.3) is 0 Å². The largest absolute Gasteiger partial charge is 0.299 e. The molecule has 0 spiro atoms. The molecule has 4 heteroatoms. The Morgan fingerprint density at radius 1 is 1.47 bits per heavy atom. The normalized spacial score (nSPS) is 21.0. The first-order chi connectivity index (χ1) is 8.20. The zero-order valence-electron chi connectivity index (χ0n) is 9.63. The summed E-state index contributed by atoms with van der Waals surface area (Å²) in [5.74, 6) is 0.543. The maximum absolute atomic E-state index is 13.6. The molecule has 94 valence electrons. The van der Waals surface area contributed by atoms with Crippen molar-refractivity contribution in [3.8, 4) is 0 Å². The summed E-state index contributed by atoms with van der Waals surface area (Å²) in [7, 11) is 0. The second-order valence-corrected chi connectivity index (χ2v) is 5.77. The molecule has 1 nitrogen and oxygen atoms in total. The molecule has 1 atom stereocenters. The van der Waals surface area contributed by atoms with Crippen molar-refractivity contribution < 1.29 is 4.39 Å². The Bertz CT molecular complexity index is 365. The molecule has 1 heterocycles. The van der Waals surface area contributed by atoms with E-state index in [1.807, 2.05) is 0 Å². The van der Waals surface area contributed by atoms with Crippen LogP contribution in [-0.2, 0) is 6.54 Å². The Hall–Kier alpha value is -0.120. The van der Waals surface area contributed by atoms with Crippen molar-refractivity contribution in [1.29, 1.82) is 0 Å². The minimum atomic E-state index is -0.193. The summed E-state index contributed by atoms with van der Waals surface area (Å²) in [6.45, 7) is 2.73. The maximum atomic E-state index is 13.6. The molecule has 1 aromatic rings. The molecule has 17 heavy (non-hydrogen) atoms. The lowest BCUT2D eigenvalue weighted by Gasteiger charge is -2.17. The van der Waals surface area contributed by atoms with Gasteiger partial charge in [-0.2, -0.15) is 0 Å². The number of alkyl halides is 1.